The number of aliphatic hydroxyl groups is 1. The molecule has 0 saturated heterocycles. The van der Waals surface area contributed by atoms with Crippen molar-refractivity contribution in [3.8, 4) is 0 Å². The van der Waals surface area contributed by atoms with Crippen molar-refractivity contribution >= 4 is 11.0 Å². The van der Waals surface area contributed by atoms with Gasteiger partial charge in [0.15, 0.2) is 0 Å². The number of aromatic nitrogens is 2. The minimum atomic E-state index is -0.478. The summed E-state index contributed by atoms with van der Waals surface area (Å²) in [6.45, 7) is 1.68. The van der Waals surface area contributed by atoms with E-state index in [1.165, 1.54) is 0 Å². The van der Waals surface area contributed by atoms with Crippen molar-refractivity contribution in [1.82, 2.24) is 14.9 Å². The summed E-state index contributed by atoms with van der Waals surface area (Å²) in [7, 11) is 1.95. The molecule has 6 heteroatoms. The minimum Gasteiger partial charge on any atom is -0.390 e. The summed E-state index contributed by atoms with van der Waals surface area (Å²) in [4.78, 5) is 18.7. The predicted octanol–water partition coefficient (Wildman–Crippen LogP) is -0.350. The van der Waals surface area contributed by atoms with Crippen LogP contribution >= 0.6 is 0 Å². The van der Waals surface area contributed by atoms with Crippen molar-refractivity contribution in [2.24, 2.45) is 5.73 Å². The molecule has 0 radical (unpaired) electrons. The quantitative estimate of drug-likeness (QED) is 0.573. The molecule has 0 bridgehead atoms. The molecule has 1 aromatic heterocycles. The summed E-state index contributed by atoms with van der Waals surface area (Å²) < 4.78 is 0. The van der Waals surface area contributed by atoms with E-state index < -0.39 is 6.10 Å². The van der Waals surface area contributed by atoms with E-state index in [-0.39, 0.29) is 12.2 Å². The van der Waals surface area contributed by atoms with Crippen LogP contribution in [0.3, 0.4) is 0 Å². The topological polar surface area (TPSA) is 98.1 Å². The zero-order valence-electron chi connectivity index (χ0n) is 11.0. The maximum Gasteiger partial charge on any atom is 0.323 e. The summed E-state index contributed by atoms with van der Waals surface area (Å²) in [6.07, 6.45) is 0.380. The third-order valence-corrected chi connectivity index (χ3v) is 3.16. The standard InChI is InChI=1S/C13H20N4O2/c1-17(8-10(18)7-14)5-4-9-2-3-11-12(6-9)16-13(19)15-11/h2-3,6,10,18H,4-5,7-8,14H2,1H3,(H2,15,16,19). The van der Waals surface area contributed by atoms with Crippen LogP contribution in [0.15, 0.2) is 23.0 Å². The largest absolute Gasteiger partial charge is 0.390 e. The summed E-state index contributed by atoms with van der Waals surface area (Å²) in [5.74, 6) is 0. The van der Waals surface area contributed by atoms with Gasteiger partial charge in [0.1, 0.15) is 0 Å². The van der Waals surface area contributed by atoms with Crippen LogP contribution in [-0.2, 0) is 6.42 Å². The van der Waals surface area contributed by atoms with E-state index in [0.29, 0.717) is 6.54 Å². The fourth-order valence-electron chi connectivity index (χ4n) is 2.08. The second kappa shape index (κ2) is 6.01. The number of nitrogens with zero attached hydrogens (tertiary/aromatic N) is 1. The van der Waals surface area contributed by atoms with Crippen molar-refractivity contribution in [2.75, 3.05) is 26.7 Å². The van der Waals surface area contributed by atoms with Crippen molar-refractivity contribution in [3.63, 3.8) is 0 Å². The van der Waals surface area contributed by atoms with Gasteiger partial charge in [0.2, 0.25) is 0 Å². The molecule has 1 heterocycles. The van der Waals surface area contributed by atoms with Crippen molar-refractivity contribution in [3.05, 3.63) is 34.2 Å². The van der Waals surface area contributed by atoms with Crippen LogP contribution in [0.25, 0.3) is 11.0 Å². The van der Waals surface area contributed by atoms with Crippen LogP contribution in [0.2, 0.25) is 0 Å². The zero-order valence-corrected chi connectivity index (χ0v) is 11.0. The van der Waals surface area contributed by atoms with Gasteiger partial charge >= 0.3 is 5.69 Å². The molecule has 0 saturated carbocycles. The average Bonchev–Trinajstić information content (AvgIpc) is 2.75. The highest BCUT2D eigenvalue weighted by atomic mass is 16.3. The molecule has 0 aliphatic rings. The lowest BCUT2D eigenvalue weighted by molar-refractivity contribution is 0.133. The fourth-order valence-corrected chi connectivity index (χ4v) is 2.08. The summed E-state index contributed by atoms with van der Waals surface area (Å²) in [5.41, 5.74) is 7.99. The lowest BCUT2D eigenvalue weighted by Crippen LogP contribution is -2.35. The number of benzene rings is 1. The second-order valence-electron chi connectivity index (χ2n) is 4.86. The predicted molar refractivity (Wildman–Crippen MR) is 75.2 cm³/mol. The Labute approximate surface area is 111 Å². The molecule has 2 rings (SSSR count). The monoisotopic (exact) mass is 264 g/mol. The van der Waals surface area contributed by atoms with Gasteiger partial charge in [-0.05, 0) is 31.2 Å². The van der Waals surface area contributed by atoms with E-state index in [9.17, 15) is 9.90 Å². The molecule has 0 aliphatic heterocycles. The molecule has 1 unspecified atom stereocenters. The molecule has 5 N–H and O–H groups in total. The van der Waals surface area contributed by atoms with Gasteiger partial charge in [0.25, 0.3) is 0 Å². The van der Waals surface area contributed by atoms with Crippen LogP contribution in [0.4, 0.5) is 0 Å². The molecule has 0 spiro atoms. The normalized spacial score (nSPS) is 13.3. The number of imidazole rings is 1. The van der Waals surface area contributed by atoms with Gasteiger partial charge in [0, 0.05) is 19.6 Å². The number of H-pyrrole nitrogens is 2. The number of nitrogens with one attached hydrogen (secondary N) is 2. The Hall–Kier alpha value is -1.63. The number of aliphatic hydroxyl groups excluding tert-OH is 1. The Morgan fingerprint density at radius 1 is 1.37 bits per heavy atom. The smallest absolute Gasteiger partial charge is 0.323 e. The Morgan fingerprint density at radius 3 is 2.84 bits per heavy atom. The molecule has 104 valence electrons. The van der Waals surface area contributed by atoms with Gasteiger partial charge in [-0.15, -0.1) is 0 Å². The molecule has 6 nitrogen and oxygen atoms in total. The number of hydrogen-bond acceptors (Lipinski definition) is 4. The summed E-state index contributed by atoms with van der Waals surface area (Å²) in [5, 5.41) is 9.46. The highest BCUT2D eigenvalue weighted by Gasteiger charge is 2.06. The Morgan fingerprint density at radius 2 is 2.11 bits per heavy atom. The Kier molecular flexibility index (Phi) is 4.36. The van der Waals surface area contributed by atoms with E-state index >= 15 is 0 Å². The van der Waals surface area contributed by atoms with Gasteiger partial charge < -0.3 is 25.7 Å². The van der Waals surface area contributed by atoms with Gasteiger partial charge in [-0.2, -0.15) is 0 Å². The van der Waals surface area contributed by atoms with E-state index in [1.807, 2.05) is 30.1 Å². The summed E-state index contributed by atoms with van der Waals surface area (Å²) in [6, 6.07) is 5.87. The van der Waals surface area contributed by atoms with Gasteiger partial charge in [-0.25, -0.2) is 4.79 Å². The van der Waals surface area contributed by atoms with Gasteiger partial charge in [0.05, 0.1) is 17.1 Å². The van der Waals surface area contributed by atoms with Crippen molar-refractivity contribution in [2.45, 2.75) is 12.5 Å². The number of aromatic amines is 2. The molecule has 1 aromatic carbocycles. The first-order valence-electron chi connectivity index (χ1n) is 6.36. The number of fused-ring (bicyclic) bond motifs is 1. The number of nitrogens with two attached hydrogens (primary N) is 1. The van der Waals surface area contributed by atoms with E-state index in [0.717, 1.165) is 29.6 Å². The average molecular weight is 264 g/mol. The SMILES string of the molecule is CN(CCc1ccc2[nH]c(=O)[nH]c2c1)CC(O)CN. The maximum absolute atomic E-state index is 11.2. The maximum atomic E-state index is 11.2. The van der Waals surface area contributed by atoms with Gasteiger partial charge in [-0.3, -0.25) is 0 Å². The molecular weight excluding hydrogens is 244 g/mol. The molecule has 2 aromatic rings. The van der Waals surface area contributed by atoms with E-state index in [4.69, 9.17) is 5.73 Å². The number of likely N-dealkylation sites (N-methyl/N-ethyl adjacent to an activating group) is 1. The van der Waals surface area contributed by atoms with Crippen LogP contribution in [0, 0.1) is 0 Å². The van der Waals surface area contributed by atoms with Crippen LogP contribution in [0.1, 0.15) is 5.56 Å². The first-order chi connectivity index (χ1) is 9.08. The van der Waals surface area contributed by atoms with E-state index in [2.05, 4.69) is 9.97 Å². The van der Waals surface area contributed by atoms with Crippen LogP contribution < -0.4 is 11.4 Å². The first kappa shape index (κ1) is 13.8. The lowest BCUT2D eigenvalue weighted by Gasteiger charge is -2.19. The fraction of sp³-hybridized carbons (Fsp3) is 0.462. The molecule has 0 amide bonds. The summed E-state index contributed by atoms with van der Waals surface area (Å²) >= 11 is 0. The first-order valence-corrected chi connectivity index (χ1v) is 6.36. The highest BCUT2D eigenvalue weighted by molar-refractivity contribution is 5.74. The molecule has 0 aliphatic carbocycles. The van der Waals surface area contributed by atoms with Crippen molar-refractivity contribution < 1.29 is 5.11 Å². The lowest BCUT2D eigenvalue weighted by atomic mass is 10.1. The number of hydrogen-bond donors (Lipinski definition) is 4. The molecule has 19 heavy (non-hydrogen) atoms. The van der Waals surface area contributed by atoms with Gasteiger partial charge in [-0.1, -0.05) is 6.07 Å². The Balaban J connectivity index is 1.95. The van der Waals surface area contributed by atoms with E-state index in [1.54, 1.807) is 0 Å². The molecule has 1 atom stereocenters. The number of rotatable bonds is 6. The Bertz CT molecular complexity index is 590. The van der Waals surface area contributed by atoms with Crippen molar-refractivity contribution in [1.29, 1.82) is 0 Å². The minimum absolute atomic E-state index is 0.185. The molecular formula is C13H20N4O2. The van der Waals surface area contributed by atoms with Crippen LogP contribution in [0.5, 0.6) is 0 Å². The highest BCUT2D eigenvalue weighted by Crippen LogP contribution is 2.10. The third-order valence-electron chi connectivity index (χ3n) is 3.16. The zero-order chi connectivity index (χ0) is 13.8. The molecule has 0 fully saturated rings. The second-order valence-corrected chi connectivity index (χ2v) is 4.86. The third kappa shape index (κ3) is 3.66. The van der Waals surface area contributed by atoms with Crippen LogP contribution in [-0.4, -0.2) is 52.8 Å².